The molecule has 0 unspecified atom stereocenters. The highest BCUT2D eigenvalue weighted by Gasteiger charge is 2.42. The molecule has 2 atom stereocenters. The predicted molar refractivity (Wildman–Crippen MR) is 97.8 cm³/mol. The standard InChI is InChI=1S/C19H17N3OS/c1-13-10-11-16(23-13)18-17(15-9-5-6-12-20-15)21-19(24)22(18)14-7-3-2-4-8-14/h2-12,17-18H,1H3,(H,21,24)/t17-,18+/m0/s1. The maximum Gasteiger partial charge on any atom is 0.174 e. The van der Waals surface area contributed by atoms with E-state index in [2.05, 4.69) is 27.3 Å². The summed E-state index contributed by atoms with van der Waals surface area (Å²) in [6, 6.07) is 19.9. The highest BCUT2D eigenvalue weighted by molar-refractivity contribution is 7.80. The van der Waals surface area contributed by atoms with Crippen LogP contribution in [0.3, 0.4) is 0 Å². The third-order valence-corrected chi connectivity index (χ3v) is 4.50. The van der Waals surface area contributed by atoms with Gasteiger partial charge in [0, 0.05) is 11.9 Å². The fourth-order valence-electron chi connectivity index (χ4n) is 3.12. The molecular weight excluding hydrogens is 318 g/mol. The fraction of sp³-hybridized carbons (Fsp3) is 0.158. The van der Waals surface area contributed by atoms with Gasteiger partial charge in [0.05, 0.1) is 11.7 Å². The molecule has 24 heavy (non-hydrogen) atoms. The van der Waals surface area contributed by atoms with Gasteiger partial charge in [-0.1, -0.05) is 24.3 Å². The highest BCUT2D eigenvalue weighted by atomic mass is 32.1. The minimum Gasteiger partial charge on any atom is -0.464 e. The number of rotatable bonds is 3. The number of anilines is 1. The molecule has 1 saturated heterocycles. The van der Waals surface area contributed by atoms with Crippen LogP contribution in [0, 0.1) is 6.92 Å². The maximum atomic E-state index is 5.95. The number of nitrogens with one attached hydrogen (secondary N) is 1. The molecule has 1 fully saturated rings. The van der Waals surface area contributed by atoms with Crippen molar-refractivity contribution in [2.24, 2.45) is 0 Å². The van der Waals surface area contributed by atoms with Gasteiger partial charge in [0.2, 0.25) is 0 Å². The maximum absolute atomic E-state index is 5.95. The lowest BCUT2D eigenvalue weighted by Gasteiger charge is -2.26. The van der Waals surface area contributed by atoms with E-state index in [9.17, 15) is 0 Å². The van der Waals surface area contributed by atoms with E-state index in [-0.39, 0.29) is 12.1 Å². The number of aromatic nitrogens is 1. The summed E-state index contributed by atoms with van der Waals surface area (Å²) in [5.41, 5.74) is 1.98. The zero-order valence-corrected chi connectivity index (χ0v) is 14.0. The first-order chi connectivity index (χ1) is 11.7. The van der Waals surface area contributed by atoms with Gasteiger partial charge >= 0.3 is 0 Å². The van der Waals surface area contributed by atoms with Crippen molar-refractivity contribution in [1.29, 1.82) is 0 Å². The molecule has 0 radical (unpaired) electrons. The van der Waals surface area contributed by atoms with Crippen molar-refractivity contribution >= 4 is 23.0 Å². The first-order valence-electron chi connectivity index (χ1n) is 7.86. The number of aryl methyl sites for hydroxylation is 1. The predicted octanol–water partition coefficient (Wildman–Crippen LogP) is 4.16. The lowest BCUT2D eigenvalue weighted by Crippen LogP contribution is -2.29. The van der Waals surface area contributed by atoms with Gasteiger partial charge in [0.25, 0.3) is 0 Å². The number of para-hydroxylation sites is 1. The second kappa shape index (κ2) is 6.09. The van der Waals surface area contributed by atoms with Crippen LogP contribution in [0.4, 0.5) is 5.69 Å². The van der Waals surface area contributed by atoms with Crippen molar-refractivity contribution in [2.75, 3.05) is 4.90 Å². The van der Waals surface area contributed by atoms with Crippen LogP contribution >= 0.6 is 12.2 Å². The third kappa shape index (κ3) is 2.57. The molecule has 1 N–H and O–H groups in total. The van der Waals surface area contributed by atoms with Gasteiger partial charge < -0.3 is 14.6 Å². The Hall–Kier alpha value is -2.66. The Balaban J connectivity index is 1.82. The van der Waals surface area contributed by atoms with Crippen molar-refractivity contribution in [3.8, 4) is 0 Å². The van der Waals surface area contributed by atoms with Crippen LogP contribution in [0.5, 0.6) is 0 Å². The van der Waals surface area contributed by atoms with E-state index in [4.69, 9.17) is 16.6 Å². The second-order valence-electron chi connectivity index (χ2n) is 5.78. The van der Waals surface area contributed by atoms with Crippen LogP contribution in [0.15, 0.2) is 71.3 Å². The monoisotopic (exact) mass is 335 g/mol. The average molecular weight is 335 g/mol. The quantitative estimate of drug-likeness (QED) is 0.728. The smallest absolute Gasteiger partial charge is 0.174 e. The molecule has 4 rings (SSSR count). The van der Waals surface area contributed by atoms with Gasteiger partial charge in [0.1, 0.15) is 17.6 Å². The minimum atomic E-state index is -0.0801. The van der Waals surface area contributed by atoms with E-state index in [1.807, 2.05) is 55.5 Å². The molecule has 0 aliphatic carbocycles. The Morgan fingerprint density at radius 1 is 1.04 bits per heavy atom. The van der Waals surface area contributed by atoms with Crippen molar-refractivity contribution in [3.05, 3.63) is 84.1 Å². The summed E-state index contributed by atoms with van der Waals surface area (Å²) in [6.07, 6.45) is 1.80. The zero-order chi connectivity index (χ0) is 16.5. The molecule has 5 heteroatoms. The number of pyridine rings is 1. The number of furan rings is 1. The van der Waals surface area contributed by atoms with Gasteiger partial charge in [0.15, 0.2) is 5.11 Å². The SMILES string of the molecule is Cc1ccc([C@@H]2[C@H](c3ccccn3)NC(=S)N2c2ccccc2)o1. The van der Waals surface area contributed by atoms with Crippen molar-refractivity contribution in [2.45, 2.75) is 19.0 Å². The van der Waals surface area contributed by atoms with Crippen molar-refractivity contribution in [1.82, 2.24) is 10.3 Å². The topological polar surface area (TPSA) is 41.3 Å². The van der Waals surface area contributed by atoms with Crippen LogP contribution in [0.2, 0.25) is 0 Å². The molecule has 3 aromatic rings. The Labute approximate surface area is 146 Å². The summed E-state index contributed by atoms with van der Waals surface area (Å²) in [4.78, 5) is 6.62. The number of hydrogen-bond acceptors (Lipinski definition) is 3. The molecule has 1 aliphatic heterocycles. The van der Waals surface area contributed by atoms with Gasteiger partial charge in [-0.3, -0.25) is 4.98 Å². The summed E-state index contributed by atoms with van der Waals surface area (Å²) in [5, 5.41) is 4.09. The van der Waals surface area contributed by atoms with Crippen molar-refractivity contribution < 1.29 is 4.42 Å². The van der Waals surface area contributed by atoms with E-state index < -0.39 is 0 Å². The second-order valence-corrected chi connectivity index (χ2v) is 6.17. The lowest BCUT2D eigenvalue weighted by atomic mass is 10.0. The van der Waals surface area contributed by atoms with Gasteiger partial charge in [-0.25, -0.2) is 0 Å². The minimum absolute atomic E-state index is 0.0653. The first kappa shape index (κ1) is 14.9. The largest absolute Gasteiger partial charge is 0.464 e. The normalized spacial score (nSPS) is 20.2. The summed E-state index contributed by atoms with van der Waals surface area (Å²) < 4.78 is 5.95. The van der Waals surface area contributed by atoms with Crippen molar-refractivity contribution in [3.63, 3.8) is 0 Å². The summed E-state index contributed by atoms with van der Waals surface area (Å²) in [7, 11) is 0. The molecule has 2 aromatic heterocycles. The number of thiocarbonyl (C=S) groups is 1. The fourth-order valence-corrected chi connectivity index (χ4v) is 3.47. The number of nitrogens with zero attached hydrogens (tertiary/aromatic N) is 2. The summed E-state index contributed by atoms with van der Waals surface area (Å²) in [6.45, 7) is 1.95. The third-order valence-electron chi connectivity index (χ3n) is 4.19. The highest BCUT2D eigenvalue weighted by Crippen LogP contribution is 2.41. The Kier molecular flexibility index (Phi) is 3.78. The molecule has 0 spiro atoms. The van der Waals surface area contributed by atoms with Crippen LogP contribution in [0.1, 0.15) is 29.3 Å². The number of hydrogen-bond donors (Lipinski definition) is 1. The molecule has 3 heterocycles. The number of benzene rings is 1. The first-order valence-corrected chi connectivity index (χ1v) is 8.27. The van der Waals surface area contributed by atoms with Gasteiger partial charge in [-0.2, -0.15) is 0 Å². The molecular formula is C19H17N3OS. The summed E-state index contributed by atoms with van der Waals surface area (Å²) >= 11 is 5.63. The van der Waals surface area contributed by atoms with E-state index in [0.29, 0.717) is 5.11 Å². The summed E-state index contributed by atoms with van der Waals surface area (Å²) in [5.74, 6) is 1.76. The lowest BCUT2D eigenvalue weighted by molar-refractivity contribution is 0.418. The van der Waals surface area contributed by atoms with Crippen LogP contribution < -0.4 is 10.2 Å². The van der Waals surface area contributed by atoms with E-state index in [1.54, 1.807) is 6.20 Å². The van der Waals surface area contributed by atoms with Gasteiger partial charge in [-0.15, -0.1) is 0 Å². The average Bonchev–Trinajstić information content (AvgIpc) is 3.19. The molecule has 4 nitrogen and oxygen atoms in total. The Morgan fingerprint density at radius 2 is 1.83 bits per heavy atom. The van der Waals surface area contributed by atoms with Gasteiger partial charge in [-0.05, 0) is 55.5 Å². The molecule has 120 valence electrons. The van der Waals surface area contributed by atoms with E-state index in [1.165, 1.54) is 0 Å². The Bertz CT molecular complexity index is 847. The molecule has 0 saturated carbocycles. The van der Waals surface area contributed by atoms with E-state index >= 15 is 0 Å². The Morgan fingerprint density at radius 3 is 2.50 bits per heavy atom. The molecule has 0 amide bonds. The van der Waals surface area contributed by atoms with E-state index in [0.717, 1.165) is 22.9 Å². The van der Waals surface area contributed by atoms with Crippen LogP contribution in [-0.2, 0) is 0 Å². The molecule has 1 aromatic carbocycles. The molecule has 0 bridgehead atoms. The zero-order valence-electron chi connectivity index (χ0n) is 13.2. The van der Waals surface area contributed by atoms with Crippen LogP contribution in [-0.4, -0.2) is 10.1 Å². The van der Waals surface area contributed by atoms with Crippen LogP contribution in [0.25, 0.3) is 0 Å². The molecule has 1 aliphatic rings.